The maximum absolute atomic E-state index is 8.77. The van der Waals surface area contributed by atoms with Crippen molar-refractivity contribution in [1.29, 1.82) is 0 Å². The molecule has 2 heterocycles. The van der Waals surface area contributed by atoms with Crippen LogP contribution in [-0.4, -0.2) is 4.98 Å². The fraction of sp³-hybridized carbons (Fsp3) is 0.229. The number of fused-ring (bicyclic) bond motifs is 4. The number of furan rings is 1. The Hall–Kier alpha value is -5.41. The SMILES string of the molecule is [2H]C([2H])(c1ccc(-c2cc(C(C)C)c(-c3cccc4nc(-c5cccc6c5oc5cc(-c7ccccc7)ccc56)oc34)c(C(C)C)c2)cc1)C(C)(C)C. The molecule has 8 aromatic rings. The molecule has 3 nitrogen and oxygen atoms in total. The Labute approximate surface area is 303 Å². The zero-order valence-electron chi connectivity index (χ0n) is 32.5. The molecule has 2 aromatic heterocycles. The molecule has 6 aromatic carbocycles. The lowest BCUT2D eigenvalue weighted by Crippen LogP contribution is -2.08. The fourth-order valence-electron chi connectivity index (χ4n) is 7.29. The van der Waals surface area contributed by atoms with E-state index in [-0.39, 0.29) is 11.8 Å². The Bertz CT molecular complexity index is 2590. The molecule has 0 saturated heterocycles. The molecule has 0 aliphatic carbocycles. The number of hydrogen-bond donors (Lipinski definition) is 0. The van der Waals surface area contributed by atoms with Gasteiger partial charge in [-0.25, -0.2) is 4.98 Å². The number of nitrogens with zero attached hydrogens (tertiary/aromatic N) is 1. The second-order valence-corrected chi connectivity index (χ2v) is 15.3. The molecule has 0 radical (unpaired) electrons. The van der Waals surface area contributed by atoms with Crippen LogP contribution in [0.5, 0.6) is 0 Å². The van der Waals surface area contributed by atoms with Crippen LogP contribution in [0.3, 0.4) is 0 Å². The van der Waals surface area contributed by atoms with Crippen molar-refractivity contribution in [2.75, 3.05) is 0 Å². The molecule has 3 heteroatoms. The fourth-order valence-corrected chi connectivity index (χ4v) is 7.29. The Kier molecular flexibility index (Phi) is 7.59. The summed E-state index contributed by atoms with van der Waals surface area (Å²) in [6, 6.07) is 41.8. The lowest BCUT2D eigenvalue weighted by Gasteiger charge is -2.22. The summed E-state index contributed by atoms with van der Waals surface area (Å²) in [6.45, 7) is 14.8. The van der Waals surface area contributed by atoms with Crippen molar-refractivity contribution in [1.82, 2.24) is 4.98 Å². The summed E-state index contributed by atoms with van der Waals surface area (Å²) >= 11 is 0. The minimum Gasteiger partial charge on any atom is -0.455 e. The predicted molar refractivity (Wildman–Crippen MR) is 214 cm³/mol. The molecule has 0 atom stereocenters. The van der Waals surface area contributed by atoms with Crippen LogP contribution in [0.1, 0.15) is 79.7 Å². The Morgan fingerprint density at radius 2 is 1.24 bits per heavy atom. The molecule has 0 bridgehead atoms. The smallest absolute Gasteiger partial charge is 0.231 e. The first-order valence-corrected chi connectivity index (χ1v) is 18.0. The molecule has 254 valence electrons. The van der Waals surface area contributed by atoms with E-state index >= 15 is 0 Å². The van der Waals surface area contributed by atoms with Crippen LogP contribution in [0, 0.1) is 5.41 Å². The first kappa shape index (κ1) is 30.4. The highest BCUT2D eigenvalue weighted by Crippen LogP contribution is 2.44. The van der Waals surface area contributed by atoms with E-state index in [1.54, 1.807) is 0 Å². The van der Waals surface area contributed by atoms with Crippen LogP contribution in [-0.2, 0) is 6.37 Å². The number of aromatic nitrogens is 1. The van der Waals surface area contributed by atoms with Gasteiger partial charge in [0, 0.05) is 19.1 Å². The van der Waals surface area contributed by atoms with Crippen molar-refractivity contribution < 1.29 is 11.6 Å². The van der Waals surface area contributed by atoms with E-state index in [1.807, 2.05) is 57.2 Å². The largest absolute Gasteiger partial charge is 0.455 e. The van der Waals surface area contributed by atoms with E-state index in [9.17, 15) is 0 Å². The van der Waals surface area contributed by atoms with Gasteiger partial charge >= 0.3 is 0 Å². The van der Waals surface area contributed by atoms with Crippen LogP contribution in [0.25, 0.3) is 77.9 Å². The standard InChI is InChI=1S/C48H45NO2/c1-29(2)40-25-35(33-21-19-31(20-22-33)28-48(5,6)7)26-41(30(3)4)44(40)38-16-12-18-42-46(38)51-47(49-42)39-17-11-15-37-36-24-23-34(27-43(36)50-45(37)39)32-13-9-8-10-14-32/h8-27,29-30H,28H2,1-7H3/i28D2. The van der Waals surface area contributed by atoms with E-state index in [1.165, 1.54) is 16.7 Å². The van der Waals surface area contributed by atoms with Crippen molar-refractivity contribution in [2.45, 2.75) is 66.7 Å². The number of rotatable bonds is 7. The summed E-state index contributed by atoms with van der Waals surface area (Å²) in [5.41, 5.74) is 13.3. The topological polar surface area (TPSA) is 39.2 Å². The molecule has 0 aliphatic heterocycles. The minimum atomic E-state index is -1.45. The van der Waals surface area contributed by atoms with Crippen LogP contribution in [0.4, 0.5) is 0 Å². The number of hydrogen-bond acceptors (Lipinski definition) is 3. The van der Waals surface area contributed by atoms with Gasteiger partial charge in [0.2, 0.25) is 5.89 Å². The summed E-state index contributed by atoms with van der Waals surface area (Å²) in [6.07, 6.45) is -1.45. The molecular weight excluding hydrogens is 623 g/mol. The van der Waals surface area contributed by atoms with Gasteiger partial charge in [-0.05, 0) is 92.4 Å². The molecule has 0 N–H and O–H groups in total. The Morgan fingerprint density at radius 3 is 1.92 bits per heavy atom. The van der Waals surface area contributed by atoms with Gasteiger partial charge in [0.1, 0.15) is 16.7 Å². The van der Waals surface area contributed by atoms with Crippen molar-refractivity contribution >= 4 is 33.0 Å². The van der Waals surface area contributed by atoms with Crippen LogP contribution in [0.15, 0.2) is 130 Å². The van der Waals surface area contributed by atoms with Gasteiger partial charge < -0.3 is 8.83 Å². The molecule has 0 fully saturated rings. The van der Waals surface area contributed by atoms with Gasteiger partial charge in [-0.15, -0.1) is 0 Å². The number of oxazole rings is 1. The normalized spacial score (nSPS) is 13.1. The number of benzene rings is 6. The summed E-state index contributed by atoms with van der Waals surface area (Å²) in [5, 5.41) is 2.09. The van der Waals surface area contributed by atoms with Crippen molar-refractivity contribution in [3.05, 3.63) is 138 Å². The monoisotopic (exact) mass is 669 g/mol. The first-order valence-electron chi connectivity index (χ1n) is 19.0. The molecule has 0 aliphatic rings. The highest BCUT2D eigenvalue weighted by Gasteiger charge is 2.24. The summed E-state index contributed by atoms with van der Waals surface area (Å²) < 4.78 is 30.9. The van der Waals surface area contributed by atoms with Gasteiger partial charge in [0.05, 0.1) is 5.56 Å². The maximum atomic E-state index is 8.77. The quantitative estimate of drug-likeness (QED) is 0.170. The zero-order chi connectivity index (χ0) is 37.2. The van der Waals surface area contributed by atoms with E-state index in [0.29, 0.717) is 11.5 Å². The van der Waals surface area contributed by atoms with E-state index in [0.717, 1.165) is 66.4 Å². The molecule has 0 saturated carbocycles. The molecule has 0 amide bonds. The van der Waals surface area contributed by atoms with Crippen molar-refractivity contribution in [2.24, 2.45) is 5.41 Å². The highest BCUT2D eigenvalue weighted by atomic mass is 16.4. The van der Waals surface area contributed by atoms with E-state index < -0.39 is 11.8 Å². The predicted octanol–water partition coefficient (Wildman–Crippen LogP) is 14.2. The summed E-state index contributed by atoms with van der Waals surface area (Å²) in [7, 11) is 0. The molecule has 0 unspecified atom stereocenters. The summed E-state index contributed by atoms with van der Waals surface area (Å²) in [4.78, 5) is 5.06. The highest BCUT2D eigenvalue weighted by molar-refractivity contribution is 6.10. The van der Waals surface area contributed by atoms with Gasteiger partial charge in [-0.2, -0.15) is 0 Å². The third kappa shape index (κ3) is 6.16. The van der Waals surface area contributed by atoms with Crippen LogP contribution < -0.4 is 0 Å². The zero-order valence-corrected chi connectivity index (χ0v) is 30.5. The van der Waals surface area contributed by atoms with Crippen molar-refractivity contribution in [3.8, 4) is 44.8 Å². The van der Waals surface area contributed by atoms with E-state index in [2.05, 4.69) is 113 Å². The van der Waals surface area contributed by atoms with Gasteiger partial charge in [-0.3, -0.25) is 0 Å². The van der Waals surface area contributed by atoms with Crippen molar-refractivity contribution in [3.63, 3.8) is 0 Å². The van der Waals surface area contributed by atoms with Gasteiger partial charge in [0.25, 0.3) is 0 Å². The van der Waals surface area contributed by atoms with Crippen LogP contribution >= 0.6 is 0 Å². The maximum Gasteiger partial charge on any atom is 0.231 e. The van der Waals surface area contributed by atoms with Crippen LogP contribution in [0.2, 0.25) is 0 Å². The lowest BCUT2D eigenvalue weighted by atomic mass is 9.82. The third-order valence-corrected chi connectivity index (χ3v) is 9.70. The molecule has 8 rings (SSSR count). The average molecular weight is 670 g/mol. The van der Waals surface area contributed by atoms with E-state index in [4.69, 9.17) is 16.6 Å². The Morgan fingerprint density at radius 1 is 0.588 bits per heavy atom. The lowest BCUT2D eigenvalue weighted by molar-refractivity contribution is 0.411. The molecular formula is C48H45NO2. The number of para-hydroxylation sites is 2. The average Bonchev–Trinajstić information content (AvgIpc) is 3.76. The van der Waals surface area contributed by atoms with Gasteiger partial charge in [0.15, 0.2) is 5.58 Å². The second kappa shape index (κ2) is 12.7. The summed E-state index contributed by atoms with van der Waals surface area (Å²) in [5.74, 6) is 1.00. The second-order valence-electron chi connectivity index (χ2n) is 15.3. The Balaban J connectivity index is 1.25. The first-order chi connectivity index (χ1) is 25.3. The molecule has 0 spiro atoms. The van der Waals surface area contributed by atoms with Gasteiger partial charge in [-0.1, -0.05) is 146 Å². The third-order valence-electron chi connectivity index (χ3n) is 9.70. The minimum absolute atomic E-state index is 0.236. The molecule has 51 heavy (non-hydrogen) atoms.